The Morgan fingerprint density at radius 2 is 2.20 bits per heavy atom. The van der Waals surface area contributed by atoms with Crippen molar-refractivity contribution in [1.29, 1.82) is 0 Å². The molecule has 0 radical (unpaired) electrons. The Labute approximate surface area is 154 Å². The topological polar surface area (TPSA) is 29.5 Å². The zero-order chi connectivity index (χ0) is 17.6. The Morgan fingerprint density at radius 1 is 1.32 bits per heavy atom. The number of anilines is 1. The third-order valence-corrected chi connectivity index (χ3v) is 5.70. The first-order valence-electron chi connectivity index (χ1n) is 9.24. The van der Waals surface area contributed by atoms with Crippen LogP contribution in [-0.2, 0) is 22.4 Å². The Hall–Kier alpha value is -1.81. The Bertz CT molecular complexity index is 696. The van der Waals surface area contributed by atoms with E-state index >= 15 is 0 Å². The van der Waals surface area contributed by atoms with E-state index in [1.165, 1.54) is 28.6 Å². The van der Waals surface area contributed by atoms with Crippen molar-refractivity contribution in [3.8, 4) is 0 Å². The molecule has 2 aromatic rings. The summed E-state index contributed by atoms with van der Waals surface area (Å²) in [5, 5.41) is 2.14. The van der Waals surface area contributed by atoms with Crippen LogP contribution in [0, 0.1) is 0 Å². The van der Waals surface area contributed by atoms with E-state index in [-0.39, 0.29) is 12.1 Å². The summed E-state index contributed by atoms with van der Waals surface area (Å²) in [6.45, 7) is 5.79. The van der Waals surface area contributed by atoms with Crippen LogP contribution in [-0.4, -0.2) is 19.1 Å². The minimum Gasteiger partial charge on any atom is -0.458 e. The highest BCUT2D eigenvalue weighted by molar-refractivity contribution is 7.09. The van der Waals surface area contributed by atoms with Crippen molar-refractivity contribution in [3.63, 3.8) is 0 Å². The maximum atomic E-state index is 11.4. The number of carbonyl (C=O) groups is 1. The smallest absolute Gasteiger partial charge is 0.303 e. The van der Waals surface area contributed by atoms with Crippen LogP contribution in [0.1, 0.15) is 55.2 Å². The highest BCUT2D eigenvalue weighted by Gasteiger charge is 2.23. The molecule has 0 saturated carbocycles. The first kappa shape index (κ1) is 18.0. The summed E-state index contributed by atoms with van der Waals surface area (Å²) >= 11 is 1.82. The van der Waals surface area contributed by atoms with Gasteiger partial charge in [-0.15, -0.1) is 11.3 Å². The number of carbonyl (C=O) groups excluding carboxylic acids is 1. The largest absolute Gasteiger partial charge is 0.458 e. The van der Waals surface area contributed by atoms with Gasteiger partial charge in [0.05, 0.1) is 0 Å². The fourth-order valence-electron chi connectivity index (χ4n) is 3.60. The van der Waals surface area contributed by atoms with E-state index in [0.717, 1.165) is 45.2 Å². The van der Waals surface area contributed by atoms with Gasteiger partial charge >= 0.3 is 5.97 Å². The SMILES string of the molecule is CCCN(CCc1cccs1)c1ccc2c(c1)C(OC(C)=O)CCC2. The van der Waals surface area contributed by atoms with Crippen molar-refractivity contribution < 1.29 is 9.53 Å². The molecule has 134 valence electrons. The molecule has 1 unspecified atom stereocenters. The second-order valence-corrected chi connectivity index (χ2v) is 7.72. The van der Waals surface area contributed by atoms with Gasteiger partial charge in [0, 0.05) is 30.6 Å². The number of benzene rings is 1. The number of rotatable bonds is 7. The number of ether oxygens (including phenoxy) is 1. The van der Waals surface area contributed by atoms with Crippen LogP contribution >= 0.6 is 11.3 Å². The lowest BCUT2D eigenvalue weighted by atomic mass is 9.88. The molecule has 1 aromatic heterocycles. The summed E-state index contributed by atoms with van der Waals surface area (Å²) in [5.74, 6) is -0.189. The van der Waals surface area contributed by atoms with Crippen LogP contribution in [0.25, 0.3) is 0 Å². The maximum absolute atomic E-state index is 11.4. The predicted octanol–water partition coefficient (Wildman–Crippen LogP) is 5.15. The van der Waals surface area contributed by atoms with Crippen molar-refractivity contribution in [2.24, 2.45) is 0 Å². The van der Waals surface area contributed by atoms with Crippen molar-refractivity contribution in [3.05, 3.63) is 51.7 Å². The molecule has 0 bridgehead atoms. The van der Waals surface area contributed by atoms with E-state index in [4.69, 9.17) is 4.74 Å². The van der Waals surface area contributed by atoms with E-state index in [9.17, 15) is 4.79 Å². The molecule has 1 aliphatic rings. The monoisotopic (exact) mass is 357 g/mol. The molecule has 0 spiro atoms. The second-order valence-electron chi connectivity index (χ2n) is 6.69. The van der Waals surface area contributed by atoms with Gasteiger partial charge in [0.1, 0.15) is 6.10 Å². The lowest BCUT2D eigenvalue weighted by Crippen LogP contribution is -2.27. The van der Waals surface area contributed by atoms with Crippen LogP contribution in [0.3, 0.4) is 0 Å². The van der Waals surface area contributed by atoms with Crippen molar-refractivity contribution in [2.75, 3.05) is 18.0 Å². The molecule has 25 heavy (non-hydrogen) atoms. The first-order chi connectivity index (χ1) is 12.2. The van der Waals surface area contributed by atoms with Crippen LogP contribution < -0.4 is 4.90 Å². The molecule has 4 heteroatoms. The van der Waals surface area contributed by atoms with Gasteiger partial charge in [-0.3, -0.25) is 4.79 Å². The molecule has 0 amide bonds. The number of esters is 1. The average Bonchev–Trinajstić information content (AvgIpc) is 3.12. The normalized spacial score (nSPS) is 16.3. The molecule has 1 heterocycles. The summed E-state index contributed by atoms with van der Waals surface area (Å²) in [7, 11) is 0. The van der Waals surface area contributed by atoms with Gasteiger partial charge < -0.3 is 9.64 Å². The fraction of sp³-hybridized carbons (Fsp3) is 0.476. The molecule has 0 N–H and O–H groups in total. The van der Waals surface area contributed by atoms with Gasteiger partial charge in [0.2, 0.25) is 0 Å². The molecule has 1 aliphatic carbocycles. The van der Waals surface area contributed by atoms with Gasteiger partial charge in [-0.2, -0.15) is 0 Å². The zero-order valence-electron chi connectivity index (χ0n) is 15.2. The number of hydrogen-bond donors (Lipinski definition) is 0. The van der Waals surface area contributed by atoms with Gasteiger partial charge in [-0.05, 0) is 66.8 Å². The van der Waals surface area contributed by atoms with Gasteiger partial charge in [0.15, 0.2) is 0 Å². The lowest BCUT2D eigenvalue weighted by Gasteiger charge is -2.29. The van der Waals surface area contributed by atoms with Crippen molar-refractivity contribution >= 4 is 23.0 Å². The predicted molar refractivity (Wildman–Crippen MR) is 104 cm³/mol. The molecule has 0 fully saturated rings. The summed E-state index contributed by atoms with van der Waals surface area (Å²) in [6, 6.07) is 11.0. The number of nitrogens with zero attached hydrogens (tertiary/aromatic N) is 1. The van der Waals surface area contributed by atoms with Crippen LogP contribution in [0.15, 0.2) is 35.7 Å². The van der Waals surface area contributed by atoms with Crippen molar-refractivity contribution in [1.82, 2.24) is 0 Å². The standard InChI is InChI=1S/C21H27NO2S/c1-3-12-22(13-11-19-7-5-14-25-19)18-10-9-17-6-4-8-21(20(17)15-18)24-16(2)23/h5,7,9-10,14-15,21H,3-4,6,8,11-13H2,1-2H3. The van der Waals surface area contributed by atoms with E-state index in [0.29, 0.717) is 0 Å². The second kappa shape index (κ2) is 8.52. The van der Waals surface area contributed by atoms with Crippen LogP contribution in [0.5, 0.6) is 0 Å². The third-order valence-electron chi connectivity index (χ3n) is 4.76. The van der Waals surface area contributed by atoms with E-state index in [1.54, 1.807) is 0 Å². The number of aryl methyl sites for hydroxylation is 1. The van der Waals surface area contributed by atoms with E-state index in [2.05, 4.69) is 47.5 Å². The molecular weight excluding hydrogens is 330 g/mol. The number of fused-ring (bicyclic) bond motifs is 1. The summed E-state index contributed by atoms with van der Waals surface area (Å²) < 4.78 is 5.58. The number of thiophene rings is 1. The molecule has 0 aliphatic heterocycles. The Morgan fingerprint density at radius 3 is 2.92 bits per heavy atom. The molecule has 3 nitrogen and oxygen atoms in total. The summed E-state index contributed by atoms with van der Waals surface area (Å²) in [5.41, 5.74) is 3.78. The third kappa shape index (κ3) is 4.63. The molecule has 3 rings (SSSR count). The minimum absolute atomic E-state index is 0.0815. The average molecular weight is 358 g/mol. The number of hydrogen-bond acceptors (Lipinski definition) is 4. The summed E-state index contributed by atoms with van der Waals surface area (Å²) in [6.07, 6.45) is 5.20. The van der Waals surface area contributed by atoms with Gasteiger partial charge in [-0.1, -0.05) is 19.1 Å². The molecule has 1 aromatic carbocycles. The zero-order valence-corrected chi connectivity index (χ0v) is 16.0. The van der Waals surface area contributed by atoms with Gasteiger partial charge in [-0.25, -0.2) is 0 Å². The first-order valence-corrected chi connectivity index (χ1v) is 10.1. The fourth-order valence-corrected chi connectivity index (χ4v) is 4.30. The molecule has 0 saturated heterocycles. The van der Waals surface area contributed by atoms with E-state index < -0.39 is 0 Å². The van der Waals surface area contributed by atoms with Crippen LogP contribution in [0.4, 0.5) is 5.69 Å². The highest BCUT2D eigenvalue weighted by atomic mass is 32.1. The van der Waals surface area contributed by atoms with Crippen molar-refractivity contribution in [2.45, 2.75) is 52.1 Å². The molecular formula is C21H27NO2S. The lowest BCUT2D eigenvalue weighted by molar-refractivity contribution is -0.147. The summed E-state index contributed by atoms with van der Waals surface area (Å²) in [4.78, 5) is 15.3. The highest BCUT2D eigenvalue weighted by Crippen LogP contribution is 2.35. The van der Waals surface area contributed by atoms with E-state index in [1.807, 2.05) is 11.3 Å². The van der Waals surface area contributed by atoms with Crippen LogP contribution in [0.2, 0.25) is 0 Å². The Balaban J connectivity index is 1.80. The van der Waals surface area contributed by atoms with Gasteiger partial charge in [0.25, 0.3) is 0 Å². The minimum atomic E-state index is -0.189. The quantitative estimate of drug-likeness (QED) is 0.642. The molecule has 1 atom stereocenters. The maximum Gasteiger partial charge on any atom is 0.303 e. The Kier molecular flexibility index (Phi) is 6.14.